The summed E-state index contributed by atoms with van der Waals surface area (Å²) in [6.45, 7) is 3.34. The van der Waals surface area contributed by atoms with E-state index in [1.807, 2.05) is 53.1 Å². The summed E-state index contributed by atoms with van der Waals surface area (Å²) >= 11 is 0. The Morgan fingerprint density at radius 3 is 2.48 bits per heavy atom. The van der Waals surface area contributed by atoms with Gasteiger partial charge in [-0.15, -0.1) is 0 Å². The van der Waals surface area contributed by atoms with Gasteiger partial charge in [-0.3, -0.25) is 9.13 Å². The second-order valence-electron chi connectivity index (χ2n) is 7.51. The van der Waals surface area contributed by atoms with Gasteiger partial charge in [0.1, 0.15) is 11.5 Å². The van der Waals surface area contributed by atoms with E-state index in [4.69, 9.17) is 9.97 Å². The molecule has 3 aliphatic rings. The molecule has 3 heterocycles. The van der Waals surface area contributed by atoms with Gasteiger partial charge in [0.05, 0.1) is 0 Å². The summed E-state index contributed by atoms with van der Waals surface area (Å²) in [6, 6.07) is 20.4. The molecule has 5 rings (SSSR count). The van der Waals surface area contributed by atoms with Crippen molar-refractivity contribution in [3.8, 4) is 22.9 Å². The van der Waals surface area contributed by atoms with Crippen LogP contribution in [0.15, 0.2) is 65.5 Å². The Bertz CT molecular complexity index is 1160. The van der Waals surface area contributed by atoms with Crippen molar-refractivity contribution in [2.75, 3.05) is 5.32 Å². The van der Waals surface area contributed by atoms with E-state index < -0.39 is 0 Å². The molecule has 0 aromatic heterocycles. The molecule has 0 spiro atoms. The SMILES string of the molecule is CCCn1c2nc(-c3ccccc3)nc-2c2n(c1=O)C[C@@H](Cc1ccccc1)N2. The molecule has 0 fully saturated rings. The van der Waals surface area contributed by atoms with Crippen LogP contribution < -0.4 is 11.0 Å². The van der Waals surface area contributed by atoms with E-state index in [1.54, 1.807) is 4.57 Å². The summed E-state index contributed by atoms with van der Waals surface area (Å²) in [4.78, 5) is 22.8. The van der Waals surface area contributed by atoms with Crippen LogP contribution in [0.2, 0.25) is 0 Å². The number of benzene rings is 2. The number of aromatic nitrogens is 4. The number of hydrogen-bond donors (Lipinski definition) is 1. The average Bonchev–Trinajstić information content (AvgIpc) is 3.37. The molecule has 0 saturated heterocycles. The van der Waals surface area contributed by atoms with Gasteiger partial charge < -0.3 is 5.32 Å². The number of imidazole rings is 1. The molecule has 1 N–H and O–H groups in total. The summed E-state index contributed by atoms with van der Waals surface area (Å²) in [7, 11) is 0. The predicted molar refractivity (Wildman–Crippen MR) is 114 cm³/mol. The third-order valence-electron chi connectivity index (χ3n) is 5.40. The van der Waals surface area contributed by atoms with Crippen molar-refractivity contribution < 1.29 is 0 Å². The Balaban J connectivity index is 1.59. The van der Waals surface area contributed by atoms with Crippen LogP contribution >= 0.6 is 0 Å². The molecule has 29 heavy (non-hydrogen) atoms. The van der Waals surface area contributed by atoms with Crippen LogP contribution in [0, 0.1) is 0 Å². The van der Waals surface area contributed by atoms with Crippen molar-refractivity contribution in [1.82, 2.24) is 19.1 Å². The lowest BCUT2D eigenvalue weighted by Crippen LogP contribution is -2.32. The van der Waals surface area contributed by atoms with Crippen LogP contribution in [-0.4, -0.2) is 25.1 Å². The monoisotopic (exact) mass is 385 g/mol. The fourth-order valence-corrected chi connectivity index (χ4v) is 4.07. The normalized spacial score (nSPS) is 15.4. The molecule has 0 aliphatic carbocycles. The minimum atomic E-state index is -0.0167. The summed E-state index contributed by atoms with van der Waals surface area (Å²) in [6.07, 6.45) is 1.72. The predicted octanol–water partition coefficient (Wildman–Crippen LogP) is 3.66. The van der Waals surface area contributed by atoms with Crippen LogP contribution in [0.1, 0.15) is 18.9 Å². The third-order valence-corrected chi connectivity index (χ3v) is 5.40. The first-order valence-corrected chi connectivity index (χ1v) is 10.1. The molecule has 2 aromatic carbocycles. The summed E-state index contributed by atoms with van der Waals surface area (Å²) in [5, 5.41) is 3.55. The smallest absolute Gasteiger partial charge is 0.331 e. The van der Waals surface area contributed by atoms with Crippen LogP contribution in [0.3, 0.4) is 0 Å². The number of fused-ring (bicyclic) bond motifs is 3. The summed E-state index contributed by atoms with van der Waals surface area (Å²) < 4.78 is 3.60. The van der Waals surface area contributed by atoms with Gasteiger partial charge in [-0.1, -0.05) is 67.6 Å². The van der Waals surface area contributed by atoms with Crippen molar-refractivity contribution in [2.24, 2.45) is 0 Å². The zero-order chi connectivity index (χ0) is 19.8. The first-order chi connectivity index (χ1) is 14.2. The van der Waals surface area contributed by atoms with Gasteiger partial charge in [0.2, 0.25) is 0 Å². The van der Waals surface area contributed by atoms with Crippen LogP contribution in [-0.2, 0) is 19.5 Å². The third kappa shape index (κ3) is 3.10. The Morgan fingerprint density at radius 2 is 1.76 bits per heavy atom. The van der Waals surface area contributed by atoms with Crippen molar-refractivity contribution >= 4 is 5.82 Å². The van der Waals surface area contributed by atoms with Crippen LogP contribution in [0.5, 0.6) is 0 Å². The van der Waals surface area contributed by atoms with Crippen molar-refractivity contribution in [2.45, 2.75) is 38.9 Å². The Labute approximate surface area is 169 Å². The van der Waals surface area contributed by atoms with E-state index in [0.717, 1.165) is 29.9 Å². The Hall–Kier alpha value is -3.41. The maximum atomic E-state index is 13.2. The maximum Gasteiger partial charge on any atom is 0.331 e. The summed E-state index contributed by atoms with van der Waals surface area (Å²) in [5.74, 6) is 2.11. The van der Waals surface area contributed by atoms with E-state index in [9.17, 15) is 4.79 Å². The van der Waals surface area contributed by atoms with E-state index >= 15 is 0 Å². The molecule has 0 unspecified atom stereocenters. The first-order valence-electron chi connectivity index (χ1n) is 10.1. The van der Waals surface area contributed by atoms with Crippen LogP contribution in [0.25, 0.3) is 22.9 Å². The van der Waals surface area contributed by atoms with E-state index in [0.29, 0.717) is 24.7 Å². The lowest BCUT2D eigenvalue weighted by atomic mass is 10.1. The van der Waals surface area contributed by atoms with Crippen molar-refractivity contribution in [1.29, 1.82) is 0 Å². The molecular weight excluding hydrogens is 362 g/mol. The molecule has 0 radical (unpaired) electrons. The fraction of sp³-hybridized carbons (Fsp3) is 0.261. The van der Waals surface area contributed by atoms with Gasteiger partial charge in [-0.2, -0.15) is 0 Å². The van der Waals surface area contributed by atoms with Gasteiger partial charge in [-0.05, 0) is 18.4 Å². The number of hydrogen-bond acceptors (Lipinski definition) is 4. The molecule has 3 aliphatic heterocycles. The minimum absolute atomic E-state index is 0.0167. The number of rotatable bonds is 5. The zero-order valence-corrected chi connectivity index (χ0v) is 16.4. The molecule has 0 amide bonds. The fourth-order valence-electron chi connectivity index (χ4n) is 4.07. The minimum Gasteiger partial charge on any atom is -0.365 e. The Kier molecular flexibility index (Phi) is 4.39. The van der Waals surface area contributed by atoms with Gasteiger partial charge in [-0.25, -0.2) is 14.8 Å². The lowest BCUT2D eigenvalue weighted by molar-refractivity contribution is 0.560. The highest BCUT2D eigenvalue weighted by Crippen LogP contribution is 2.33. The topological polar surface area (TPSA) is 64.7 Å². The molecule has 146 valence electrons. The highest BCUT2D eigenvalue weighted by Gasteiger charge is 2.31. The summed E-state index contributed by atoms with van der Waals surface area (Å²) in [5.41, 5.74) is 2.96. The molecule has 0 bridgehead atoms. The molecule has 2 aromatic rings. The quantitative estimate of drug-likeness (QED) is 0.569. The molecular formula is C23H23N5O. The number of nitrogens with zero attached hydrogens (tertiary/aromatic N) is 4. The molecule has 6 heteroatoms. The van der Waals surface area contributed by atoms with Gasteiger partial charge >= 0.3 is 5.69 Å². The van der Waals surface area contributed by atoms with E-state index in [2.05, 4.69) is 24.4 Å². The van der Waals surface area contributed by atoms with Crippen molar-refractivity contribution in [3.05, 3.63) is 76.7 Å². The van der Waals surface area contributed by atoms with Gasteiger partial charge in [0, 0.05) is 24.7 Å². The highest BCUT2D eigenvalue weighted by molar-refractivity contribution is 5.74. The second-order valence-corrected chi connectivity index (χ2v) is 7.51. The van der Waals surface area contributed by atoms with E-state index in [1.165, 1.54) is 5.56 Å². The Morgan fingerprint density at radius 1 is 1.03 bits per heavy atom. The molecule has 0 saturated carbocycles. The number of anilines is 1. The van der Waals surface area contributed by atoms with E-state index in [-0.39, 0.29) is 11.7 Å². The second kappa shape index (κ2) is 7.20. The highest BCUT2D eigenvalue weighted by atomic mass is 16.1. The standard InChI is InChI=1S/C23H23N5O/c1-2-13-27-22-19(25-20(26-22)17-11-7-4-8-12-17)21-24-18(15-28(21)23(27)29)14-16-9-5-3-6-10-16/h3-12,18,24H,2,13-15H2,1H3/t18-/m1/s1. The molecule has 6 nitrogen and oxygen atoms in total. The molecule has 1 atom stereocenters. The average molecular weight is 385 g/mol. The van der Waals surface area contributed by atoms with Crippen LogP contribution in [0.4, 0.5) is 5.82 Å². The number of nitrogens with one attached hydrogen (secondary N) is 1. The van der Waals surface area contributed by atoms with Gasteiger partial charge in [0.15, 0.2) is 11.6 Å². The van der Waals surface area contributed by atoms with Gasteiger partial charge in [0.25, 0.3) is 0 Å². The maximum absolute atomic E-state index is 13.2. The first kappa shape index (κ1) is 17.7. The largest absolute Gasteiger partial charge is 0.365 e. The lowest BCUT2D eigenvalue weighted by Gasteiger charge is -2.13. The zero-order valence-electron chi connectivity index (χ0n) is 16.4. The van der Waals surface area contributed by atoms with Crippen molar-refractivity contribution in [3.63, 3.8) is 0 Å².